The smallest absolute Gasteiger partial charge is 0.332 e. The number of carbonyl (C=O) groups excluding carboxylic acids is 1. The molecule has 0 spiro atoms. The second kappa shape index (κ2) is 8.62. The fourth-order valence-electron chi connectivity index (χ4n) is 4.15. The molecule has 10 nitrogen and oxygen atoms in total. The van der Waals surface area contributed by atoms with E-state index in [2.05, 4.69) is 15.2 Å². The van der Waals surface area contributed by atoms with Gasteiger partial charge in [-0.2, -0.15) is 4.98 Å². The van der Waals surface area contributed by atoms with E-state index in [4.69, 9.17) is 0 Å². The molecule has 0 saturated carbocycles. The molecule has 1 unspecified atom stereocenters. The van der Waals surface area contributed by atoms with Crippen molar-refractivity contribution in [3.05, 3.63) is 56.7 Å². The number of aromatic nitrogens is 4. The molecule has 1 aliphatic rings. The van der Waals surface area contributed by atoms with E-state index in [-0.39, 0.29) is 5.91 Å². The Labute approximate surface area is 185 Å². The molecule has 0 fully saturated rings. The summed E-state index contributed by atoms with van der Waals surface area (Å²) in [6, 6.07) is 9.33. The van der Waals surface area contributed by atoms with Crippen LogP contribution in [0.15, 0.2) is 39.9 Å². The molecule has 0 aliphatic carbocycles. The first kappa shape index (κ1) is 21.8. The van der Waals surface area contributed by atoms with Gasteiger partial charge in [0.2, 0.25) is 11.9 Å². The predicted molar refractivity (Wildman–Crippen MR) is 123 cm³/mol. The van der Waals surface area contributed by atoms with E-state index in [1.165, 1.54) is 11.6 Å². The van der Waals surface area contributed by atoms with Crippen LogP contribution >= 0.6 is 0 Å². The van der Waals surface area contributed by atoms with Crippen molar-refractivity contribution in [3.63, 3.8) is 0 Å². The normalized spacial score (nSPS) is 15.5. The number of nitrogens with one attached hydrogen (secondary N) is 1. The molecular weight excluding hydrogens is 410 g/mol. The first-order valence-corrected chi connectivity index (χ1v) is 10.7. The molecule has 1 amide bonds. The highest BCUT2D eigenvalue weighted by molar-refractivity contribution is 5.87. The first-order chi connectivity index (χ1) is 15.3. The molecule has 2 aromatic heterocycles. The van der Waals surface area contributed by atoms with Gasteiger partial charge in [-0.25, -0.2) is 4.79 Å². The number of benzene rings is 1. The van der Waals surface area contributed by atoms with Crippen LogP contribution < -0.4 is 21.5 Å². The van der Waals surface area contributed by atoms with Crippen LogP contribution in [0.2, 0.25) is 0 Å². The van der Waals surface area contributed by atoms with Gasteiger partial charge in [0.1, 0.15) is 6.04 Å². The van der Waals surface area contributed by atoms with Crippen LogP contribution in [-0.4, -0.2) is 62.7 Å². The zero-order chi connectivity index (χ0) is 23.0. The lowest BCUT2D eigenvalue weighted by Crippen LogP contribution is -2.46. The van der Waals surface area contributed by atoms with E-state index < -0.39 is 17.3 Å². The van der Waals surface area contributed by atoms with Gasteiger partial charge in [-0.3, -0.25) is 18.7 Å². The van der Waals surface area contributed by atoms with Crippen molar-refractivity contribution >= 4 is 23.0 Å². The standard InChI is InChI=1S/C22H29N7O3/c1-25(2)12-8-11-23-19(30)16-14-29-17-18(26(3)22(32)27(4)20(17)31)24-21(29)28(16)13-15-9-6-5-7-10-15/h5-7,9-10,16H,8,11-14H2,1-4H3,(H,23,30). The molecule has 10 heteroatoms. The predicted octanol–water partition coefficient (Wildman–Crippen LogP) is -0.110. The Morgan fingerprint density at radius 1 is 1.16 bits per heavy atom. The number of fused-ring (bicyclic) bond motifs is 3. The van der Waals surface area contributed by atoms with Crippen LogP contribution in [0.4, 0.5) is 5.95 Å². The Bertz CT molecular complexity index is 1260. The minimum absolute atomic E-state index is 0.0972. The van der Waals surface area contributed by atoms with Gasteiger partial charge < -0.3 is 19.7 Å². The summed E-state index contributed by atoms with van der Waals surface area (Å²) >= 11 is 0. The topological polar surface area (TPSA) is 97.4 Å². The molecular formula is C22H29N7O3. The third kappa shape index (κ3) is 3.81. The maximum atomic E-state index is 13.1. The largest absolute Gasteiger partial charge is 0.354 e. The van der Waals surface area contributed by atoms with Crippen LogP contribution in [0, 0.1) is 0 Å². The number of hydrogen-bond donors (Lipinski definition) is 1. The van der Waals surface area contributed by atoms with Crippen molar-refractivity contribution in [2.45, 2.75) is 25.6 Å². The van der Waals surface area contributed by atoms with Gasteiger partial charge in [0.05, 0.1) is 6.54 Å². The average Bonchev–Trinajstić information content (AvgIpc) is 3.31. The van der Waals surface area contributed by atoms with Crippen LogP contribution in [0.1, 0.15) is 12.0 Å². The Balaban J connectivity index is 1.71. The van der Waals surface area contributed by atoms with Crippen molar-refractivity contribution < 1.29 is 4.79 Å². The quantitative estimate of drug-likeness (QED) is 0.516. The zero-order valence-corrected chi connectivity index (χ0v) is 18.9. The number of anilines is 1. The highest BCUT2D eigenvalue weighted by Crippen LogP contribution is 2.30. The van der Waals surface area contributed by atoms with E-state index in [9.17, 15) is 14.4 Å². The molecule has 0 bridgehead atoms. The lowest BCUT2D eigenvalue weighted by atomic mass is 10.2. The van der Waals surface area contributed by atoms with Crippen molar-refractivity contribution in [3.8, 4) is 0 Å². The van der Waals surface area contributed by atoms with E-state index in [0.29, 0.717) is 36.7 Å². The first-order valence-electron chi connectivity index (χ1n) is 10.7. The van der Waals surface area contributed by atoms with Crippen molar-refractivity contribution in [1.29, 1.82) is 0 Å². The highest BCUT2D eigenvalue weighted by Gasteiger charge is 2.38. The number of imidazole rings is 1. The van der Waals surface area contributed by atoms with Crippen LogP contribution in [0.5, 0.6) is 0 Å². The number of nitrogens with zero attached hydrogens (tertiary/aromatic N) is 6. The third-order valence-electron chi connectivity index (χ3n) is 5.90. The summed E-state index contributed by atoms with van der Waals surface area (Å²) in [6.07, 6.45) is 0.848. The SMILES string of the molecule is CN(C)CCCNC(=O)C1Cn2c(nc3c2c(=O)n(C)c(=O)n3C)N1Cc1ccccc1. The van der Waals surface area contributed by atoms with Crippen molar-refractivity contribution in [2.24, 2.45) is 14.1 Å². The number of rotatable bonds is 7. The second-order valence-corrected chi connectivity index (χ2v) is 8.48. The Kier molecular flexibility index (Phi) is 5.88. The maximum absolute atomic E-state index is 13.1. The van der Waals surface area contributed by atoms with Crippen LogP contribution in [0.3, 0.4) is 0 Å². The Morgan fingerprint density at radius 2 is 1.88 bits per heavy atom. The van der Waals surface area contributed by atoms with E-state index in [1.54, 1.807) is 11.6 Å². The molecule has 3 heterocycles. The summed E-state index contributed by atoms with van der Waals surface area (Å²) in [5.41, 5.74) is 0.861. The second-order valence-electron chi connectivity index (χ2n) is 8.48. The van der Waals surface area contributed by atoms with Gasteiger partial charge in [-0.05, 0) is 32.6 Å². The minimum atomic E-state index is -0.497. The van der Waals surface area contributed by atoms with Crippen LogP contribution in [0.25, 0.3) is 11.2 Å². The maximum Gasteiger partial charge on any atom is 0.332 e. The number of carbonyl (C=O) groups is 1. The molecule has 4 rings (SSSR count). The van der Waals surface area contributed by atoms with E-state index >= 15 is 0 Å². The summed E-state index contributed by atoms with van der Waals surface area (Å²) in [5, 5.41) is 3.03. The van der Waals surface area contributed by atoms with Gasteiger partial charge in [-0.15, -0.1) is 0 Å². The molecule has 32 heavy (non-hydrogen) atoms. The number of aryl methyl sites for hydroxylation is 1. The van der Waals surface area contributed by atoms with Gasteiger partial charge in [0.25, 0.3) is 5.56 Å². The molecule has 0 radical (unpaired) electrons. The lowest BCUT2D eigenvalue weighted by molar-refractivity contribution is -0.122. The number of hydrogen-bond acceptors (Lipinski definition) is 6. The molecule has 1 aromatic carbocycles. The fourth-order valence-corrected chi connectivity index (χ4v) is 4.15. The number of amides is 1. The zero-order valence-electron chi connectivity index (χ0n) is 18.9. The third-order valence-corrected chi connectivity index (χ3v) is 5.90. The van der Waals surface area contributed by atoms with Gasteiger partial charge in [0.15, 0.2) is 11.2 Å². The Hall–Kier alpha value is -3.40. The van der Waals surface area contributed by atoms with Crippen molar-refractivity contribution in [2.75, 3.05) is 32.1 Å². The van der Waals surface area contributed by atoms with Crippen LogP contribution in [-0.2, 0) is 32.0 Å². The van der Waals surface area contributed by atoms with Gasteiger partial charge in [-0.1, -0.05) is 30.3 Å². The molecule has 3 aromatic rings. The monoisotopic (exact) mass is 439 g/mol. The Morgan fingerprint density at radius 3 is 2.56 bits per heavy atom. The summed E-state index contributed by atoms with van der Waals surface area (Å²) in [5.74, 6) is 0.426. The summed E-state index contributed by atoms with van der Waals surface area (Å²) in [4.78, 5) is 47.0. The van der Waals surface area contributed by atoms with E-state index in [0.717, 1.165) is 23.1 Å². The van der Waals surface area contributed by atoms with Gasteiger partial charge in [0, 0.05) is 27.2 Å². The highest BCUT2D eigenvalue weighted by atomic mass is 16.2. The minimum Gasteiger partial charge on any atom is -0.354 e. The average molecular weight is 440 g/mol. The lowest BCUT2D eigenvalue weighted by Gasteiger charge is -2.24. The fraction of sp³-hybridized carbons (Fsp3) is 0.455. The van der Waals surface area contributed by atoms with E-state index in [1.807, 2.05) is 49.3 Å². The van der Waals surface area contributed by atoms with Crippen molar-refractivity contribution in [1.82, 2.24) is 28.9 Å². The summed E-state index contributed by atoms with van der Waals surface area (Å²) < 4.78 is 4.22. The summed E-state index contributed by atoms with van der Waals surface area (Å²) in [7, 11) is 7.05. The molecule has 0 saturated heterocycles. The molecule has 1 N–H and O–H groups in total. The summed E-state index contributed by atoms with van der Waals surface area (Å²) in [6.45, 7) is 2.22. The van der Waals surface area contributed by atoms with Gasteiger partial charge >= 0.3 is 5.69 Å². The molecule has 1 aliphatic heterocycles. The molecule has 1 atom stereocenters. The molecule has 170 valence electrons.